The summed E-state index contributed by atoms with van der Waals surface area (Å²) in [5.41, 5.74) is 2.73. The Morgan fingerprint density at radius 2 is 1.29 bits per heavy atom. The molecule has 0 atom stereocenters. The van der Waals surface area contributed by atoms with Gasteiger partial charge in [-0.3, -0.25) is 4.90 Å². The van der Waals surface area contributed by atoms with Crippen LogP contribution >= 0.6 is 0 Å². The first-order valence-electron chi connectivity index (χ1n) is 9.03. The molecule has 127 valence electrons. The van der Waals surface area contributed by atoms with Crippen LogP contribution in [0.25, 0.3) is 0 Å². The van der Waals surface area contributed by atoms with E-state index in [1.54, 1.807) is 0 Å². The molecule has 1 fully saturated rings. The van der Waals surface area contributed by atoms with Gasteiger partial charge in [0.15, 0.2) is 0 Å². The second-order valence-corrected chi connectivity index (χ2v) is 6.51. The molecule has 2 aromatic carbocycles. The Hall–Kier alpha value is -1.68. The fourth-order valence-corrected chi connectivity index (χ4v) is 3.57. The van der Waals surface area contributed by atoms with E-state index in [1.165, 1.54) is 11.1 Å². The first kappa shape index (κ1) is 17.2. The molecular formula is C21H27N2O. The molecule has 3 nitrogen and oxygen atoms in total. The molecule has 0 saturated carbocycles. The van der Waals surface area contributed by atoms with Gasteiger partial charge in [-0.25, -0.2) is 5.11 Å². The van der Waals surface area contributed by atoms with Crippen LogP contribution in [-0.4, -0.2) is 49.1 Å². The molecule has 3 heteroatoms. The van der Waals surface area contributed by atoms with Crippen molar-refractivity contribution in [3.8, 4) is 0 Å². The van der Waals surface area contributed by atoms with Crippen LogP contribution in [0.4, 0.5) is 0 Å². The molecule has 1 saturated heterocycles. The first-order valence-corrected chi connectivity index (χ1v) is 9.03. The summed E-state index contributed by atoms with van der Waals surface area (Å²) in [6.45, 7) is 5.46. The highest BCUT2D eigenvalue weighted by atomic mass is 16.2. The van der Waals surface area contributed by atoms with E-state index in [0.29, 0.717) is 6.04 Å². The smallest absolute Gasteiger partial charge is 0.0822 e. The molecule has 0 amide bonds. The van der Waals surface area contributed by atoms with Gasteiger partial charge in [-0.1, -0.05) is 60.7 Å². The highest BCUT2D eigenvalue weighted by Crippen LogP contribution is 2.29. The lowest BCUT2D eigenvalue weighted by Gasteiger charge is -2.39. The largest absolute Gasteiger partial charge is 0.301 e. The van der Waals surface area contributed by atoms with E-state index in [1.807, 2.05) is 0 Å². The summed E-state index contributed by atoms with van der Waals surface area (Å²) in [4.78, 5) is 5.09. The average molecular weight is 323 g/mol. The van der Waals surface area contributed by atoms with Crippen LogP contribution in [0.5, 0.6) is 0 Å². The summed E-state index contributed by atoms with van der Waals surface area (Å²) in [6.07, 6.45) is 1.83. The van der Waals surface area contributed by atoms with Crippen LogP contribution in [0.3, 0.4) is 0 Å². The Labute approximate surface area is 145 Å². The number of rotatable bonds is 7. The van der Waals surface area contributed by atoms with E-state index in [9.17, 15) is 5.11 Å². The van der Waals surface area contributed by atoms with Gasteiger partial charge in [0.2, 0.25) is 0 Å². The van der Waals surface area contributed by atoms with Crippen LogP contribution in [0, 0.1) is 0 Å². The molecule has 1 radical (unpaired) electrons. The molecule has 3 rings (SSSR count). The Morgan fingerprint density at radius 1 is 0.750 bits per heavy atom. The van der Waals surface area contributed by atoms with E-state index in [4.69, 9.17) is 0 Å². The van der Waals surface area contributed by atoms with Gasteiger partial charge in [0.1, 0.15) is 0 Å². The third-order valence-electron chi connectivity index (χ3n) is 4.87. The molecule has 2 aromatic rings. The number of nitrogens with zero attached hydrogens (tertiary/aromatic N) is 2. The predicted molar refractivity (Wildman–Crippen MR) is 97.5 cm³/mol. The number of benzene rings is 2. The van der Waals surface area contributed by atoms with Crippen LogP contribution in [0.2, 0.25) is 0 Å². The molecule has 0 N–H and O–H groups in total. The van der Waals surface area contributed by atoms with Gasteiger partial charge in [0.25, 0.3) is 0 Å². The Kier molecular flexibility index (Phi) is 6.41. The molecule has 0 spiro atoms. The number of piperazine rings is 1. The van der Waals surface area contributed by atoms with Crippen molar-refractivity contribution in [2.75, 3.05) is 39.3 Å². The number of hydrogen-bond donors (Lipinski definition) is 0. The van der Waals surface area contributed by atoms with Crippen molar-refractivity contribution >= 4 is 0 Å². The third-order valence-corrected chi connectivity index (χ3v) is 4.87. The SMILES string of the molecule is [O]CCCCN1CCN(C(c2ccccc2)c2ccccc2)CC1. The minimum absolute atomic E-state index is 0.0596. The summed E-state index contributed by atoms with van der Waals surface area (Å²) in [5.74, 6) is 0. The van der Waals surface area contributed by atoms with Crippen molar-refractivity contribution in [3.05, 3.63) is 71.8 Å². The van der Waals surface area contributed by atoms with Crippen molar-refractivity contribution in [1.82, 2.24) is 9.80 Å². The maximum atomic E-state index is 10.6. The monoisotopic (exact) mass is 323 g/mol. The molecule has 1 heterocycles. The topological polar surface area (TPSA) is 26.4 Å². The quantitative estimate of drug-likeness (QED) is 0.728. The van der Waals surface area contributed by atoms with Crippen LogP contribution in [0.15, 0.2) is 60.7 Å². The maximum absolute atomic E-state index is 10.6. The van der Waals surface area contributed by atoms with Crippen LogP contribution < -0.4 is 0 Å². The lowest BCUT2D eigenvalue weighted by atomic mass is 9.96. The summed E-state index contributed by atoms with van der Waals surface area (Å²) in [7, 11) is 0. The van der Waals surface area contributed by atoms with Gasteiger partial charge < -0.3 is 4.90 Å². The van der Waals surface area contributed by atoms with Crippen molar-refractivity contribution in [1.29, 1.82) is 0 Å². The maximum Gasteiger partial charge on any atom is 0.0822 e. The molecule has 24 heavy (non-hydrogen) atoms. The lowest BCUT2D eigenvalue weighted by Crippen LogP contribution is -2.48. The van der Waals surface area contributed by atoms with E-state index in [2.05, 4.69) is 70.5 Å². The second kappa shape index (κ2) is 8.97. The molecule has 1 aliphatic heterocycles. The Bertz CT molecular complexity index is 540. The minimum atomic E-state index is 0.0596. The van der Waals surface area contributed by atoms with Gasteiger partial charge in [-0.05, 0) is 30.5 Å². The van der Waals surface area contributed by atoms with Crippen molar-refractivity contribution in [2.45, 2.75) is 18.9 Å². The average Bonchev–Trinajstić information content (AvgIpc) is 2.65. The first-order chi connectivity index (χ1) is 11.9. The lowest BCUT2D eigenvalue weighted by molar-refractivity contribution is 0.104. The zero-order valence-electron chi connectivity index (χ0n) is 14.3. The van der Waals surface area contributed by atoms with Gasteiger partial charge in [0.05, 0.1) is 12.6 Å². The zero-order valence-corrected chi connectivity index (χ0v) is 14.3. The number of unbranched alkanes of at least 4 members (excludes halogenated alkanes) is 1. The second-order valence-electron chi connectivity index (χ2n) is 6.51. The molecule has 0 bridgehead atoms. The van der Waals surface area contributed by atoms with E-state index < -0.39 is 0 Å². The van der Waals surface area contributed by atoms with E-state index in [0.717, 1.165) is 45.6 Å². The van der Waals surface area contributed by atoms with Crippen LogP contribution in [0.1, 0.15) is 30.0 Å². The van der Waals surface area contributed by atoms with Gasteiger partial charge in [0, 0.05) is 26.2 Å². The van der Waals surface area contributed by atoms with E-state index in [-0.39, 0.29) is 6.61 Å². The molecule has 0 aromatic heterocycles. The molecule has 0 unspecified atom stereocenters. The third kappa shape index (κ3) is 4.44. The van der Waals surface area contributed by atoms with Crippen molar-refractivity contribution in [3.63, 3.8) is 0 Å². The van der Waals surface area contributed by atoms with Crippen molar-refractivity contribution < 1.29 is 5.11 Å². The fourth-order valence-electron chi connectivity index (χ4n) is 3.57. The fraction of sp³-hybridized carbons (Fsp3) is 0.429. The highest BCUT2D eigenvalue weighted by Gasteiger charge is 2.25. The predicted octanol–water partition coefficient (Wildman–Crippen LogP) is 3.60. The Balaban J connectivity index is 1.69. The zero-order chi connectivity index (χ0) is 16.6. The summed E-state index contributed by atoms with van der Waals surface area (Å²) < 4.78 is 0. The van der Waals surface area contributed by atoms with Gasteiger partial charge >= 0.3 is 0 Å². The highest BCUT2D eigenvalue weighted by molar-refractivity contribution is 5.31. The summed E-state index contributed by atoms with van der Waals surface area (Å²) >= 11 is 0. The van der Waals surface area contributed by atoms with Gasteiger partial charge in [-0.15, -0.1) is 0 Å². The Morgan fingerprint density at radius 3 is 1.79 bits per heavy atom. The van der Waals surface area contributed by atoms with Gasteiger partial charge in [-0.2, -0.15) is 0 Å². The molecular weight excluding hydrogens is 296 g/mol. The summed E-state index contributed by atoms with van der Waals surface area (Å²) in [6, 6.07) is 22.0. The minimum Gasteiger partial charge on any atom is -0.301 e. The molecule has 0 aliphatic carbocycles. The summed E-state index contributed by atoms with van der Waals surface area (Å²) in [5, 5.41) is 10.6. The standard InChI is InChI=1S/C21H27N2O/c24-18-8-7-13-22-14-16-23(17-15-22)21(19-9-3-1-4-10-19)20-11-5-2-6-12-20/h1-6,9-12,21H,7-8,13-18H2. The normalized spacial score (nSPS) is 16.6. The van der Waals surface area contributed by atoms with Crippen molar-refractivity contribution in [2.24, 2.45) is 0 Å². The van der Waals surface area contributed by atoms with Crippen LogP contribution in [-0.2, 0) is 5.11 Å². The van der Waals surface area contributed by atoms with E-state index >= 15 is 0 Å². The number of hydrogen-bond acceptors (Lipinski definition) is 2. The molecule has 1 aliphatic rings.